The third kappa shape index (κ3) is 3.65. The van der Waals surface area contributed by atoms with E-state index >= 15 is 0 Å². The molecule has 1 saturated heterocycles. The Morgan fingerprint density at radius 1 is 1.05 bits per heavy atom. The van der Waals surface area contributed by atoms with Crippen molar-refractivity contribution < 1.29 is 4.79 Å². The summed E-state index contributed by atoms with van der Waals surface area (Å²) in [6.07, 6.45) is 1.13. The Morgan fingerprint density at radius 2 is 1.68 bits per heavy atom. The van der Waals surface area contributed by atoms with Gasteiger partial charge in [-0.05, 0) is 29.7 Å². The molecule has 1 unspecified atom stereocenters. The molecule has 3 rings (SSSR count). The van der Waals surface area contributed by atoms with E-state index in [0.29, 0.717) is 5.75 Å². The zero-order valence-corrected chi connectivity index (χ0v) is 13.8. The van der Waals surface area contributed by atoms with Crippen molar-refractivity contribution in [2.75, 3.05) is 18.8 Å². The van der Waals surface area contributed by atoms with Gasteiger partial charge in [0.1, 0.15) is 0 Å². The van der Waals surface area contributed by atoms with Crippen LogP contribution in [0.4, 0.5) is 0 Å². The maximum absolute atomic E-state index is 12.1. The number of amides is 1. The van der Waals surface area contributed by atoms with Gasteiger partial charge in [-0.25, -0.2) is 0 Å². The van der Waals surface area contributed by atoms with Gasteiger partial charge >= 0.3 is 0 Å². The number of thioether (sulfide) groups is 1. The van der Waals surface area contributed by atoms with Crippen molar-refractivity contribution >= 4 is 29.3 Å². The fourth-order valence-electron chi connectivity index (χ4n) is 2.46. The van der Waals surface area contributed by atoms with Crippen molar-refractivity contribution in [3.8, 4) is 0 Å². The van der Waals surface area contributed by atoms with Crippen LogP contribution in [0.3, 0.4) is 0 Å². The van der Waals surface area contributed by atoms with Gasteiger partial charge in [-0.1, -0.05) is 54.1 Å². The highest BCUT2D eigenvalue weighted by atomic mass is 35.5. The van der Waals surface area contributed by atoms with E-state index < -0.39 is 0 Å². The van der Waals surface area contributed by atoms with E-state index in [1.54, 1.807) is 11.8 Å². The number of carbonyl (C=O) groups is 1. The van der Waals surface area contributed by atoms with E-state index in [-0.39, 0.29) is 11.2 Å². The van der Waals surface area contributed by atoms with Crippen molar-refractivity contribution in [3.05, 3.63) is 70.7 Å². The number of rotatable bonds is 5. The summed E-state index contributed by atoms with van der Waals surface area (Å²) in [6, 6.07) is 18.2. The van der Waals surface area contributed by atoms with Gasteiger partial charge in [0.05, 0.1) is 11.0 Å². The summed E-state index contributed by atoms with van der Waals surface area (Å²) in [5, 5.41) is 0.890. The normalized spacial score (nSPS) is 15.2. The van der Waals surface area contributed by atoms with Crippen molar-refractivity contribution in [2.24, 2.45) is 0 Å². The highest BCUT2D eigenvalue weighted by Gasteiger charge is 2.22. The molecule has 0 N–H and O–H groups in total. The monoisotopic (exact) mass is 331 g/mol. The number of likely N-dealkylation sites (tertiary alicyclic amines) is 1. The molecule has 0 aliphatic carbocycles. The minimum atomic E-state index is 0.156. The van der Waals surface area contributed by atoms with Crippen LogP contribution in [0, 0.1) is 0 Å². The molecule has 0 radical (unpaired) electrons. The fourth-order valence-corrected chi connectivity index (χ4v) is 3.78. The van der Waals surface area contributed by atoms with Crippen LogP contribution in [0.5, 0.6) is 0 Å². The highest BCUT2D eigenvalue weighted by Crippen LogP contribution is 2.36. The van der Waals surface area contributed by atoms with Crippen LogP contribution in [0.25, 0.3) is 0 Å². The molecule has 2 aromatic carbocycles. The fraction of sp³-hybridized carbons (Fsp3) is 0.278. The predicted octanol–water partition coefficient (Wildman–Crippen LogP) is 4.39. The van der Waals surface area contributed by atoms with Gasteiger partial charge in [-0.2, -0.15) is 0 Å². The Labute approximate surface area is 140 Å². The Kier molecular flexibility index (Phi) is 5.06. The molecule has 1 amide bonds. The lowest BCUT2D eigenvalue weighted by molar-refractivity contribution is -0.131. The van der Waals surface area contributed by atoms with Crippen LogP contribution in [-0.2, 0) is 4.79 Å². The minimum absolute atomic E-state index is 0.156. The summed E-state index contributed by atoms with van der Waals surface area (Å²) in [5.41, 5.74) is 2.39. The standard InChI is InChI=1S/C18H18ClNOS/c19-16-9-7-15(8-10-16)18(14-5-2-1-3-6-14)22-13-17(21)20-11-4-12-20/h1-3,5-10,18H,4,11-13H2. The molecule has 1 aliphatic heterocycles. The maximum atomic E-state index is 12.1. The lowest BCUT2D eigenvalue weighted by atomic mass is 10.0. The Bertz CT molecular complexity index is 625. The molecular weight excluding hydrogens is 314 g/mol. The van der Waals surface area contributed by atoms with Crippen LogP contribution in [0.1, 0.15) is 22.8 Å². The maximum Gasteiger partial charge on any atom is 0.232 e. The van der Waals surface area contributed by atoms with E-state index in [4.69, 9.17) is 11.6 Å². The first kappa shape index (κ1) is 15.4. The number of carbonyl (C=O) groups excluding carboxylic acids is 1. The molecule has 1 fully saturated rings. The quantitative estimate of drug-likeness (QED) is 0.809. The van der Waals surface area contributed by atoms with Crippen LogP contribution in [0.15, 0.2) is 54.6 Å². The van der Waals surface area contributed by atoms with Crippen molar-refractivity contribution in [1.29, 1.82) is 0 Å². The van der Waals surface area contributed by atoms with Gasteiger partial charge in [-0.3, -0.25) is 4.79 Å². The summed E-state index contributed by atoms with van der Waals surface area (Å²) < 4.78 is 0. The molecule has 2 nitrogen and oxygen atoms in total. The molecule has 1 heterocycles. The van der Waals surface area contributed by atoms with Gasteiger partial charge in [0, 0.05) is 18.1 Å². The van der Waals surface area contributed by atoms with Gasteiger partial charge in [0.15, 0.2) is 0 Å². The van der Waals surface area contributed by atoms with Crippen molar-refractivity contribution in [2.45, 2.75) is 11.7 Å². The summed E-state index contributed by atoms with van der Waals surface area (Å²) in [7, 11) is 0. The van der Waals surface area contributed by atoms with E-state index in [9.17, 15) is 4.79 Å². The van der Waals surface area contributed by atoms with Gasteiger partial charge in [-0.15, -0.1) is 11.8 Å². The van der Waals surface area contributed by atoms with Crippen LogP contribution in [-0.4, -0.2) is 29.6 Å². The molecule has 4 heteroatoms. The summed E-state index contributed by atoms with van der Waals surface area (Å²) in [4.78, 5) is 14.1. The second-order valence-corrected chi connectivity index (χ2v) is 6.92. The number of hydrogen-bond acceptors (Lipinski definition) is 2. The zero-order chi connectivity index (χ0) is 15.4. The van der Waals surface area contributed by atoms with Gasteiger partial charge in [0.2, 0.25) is 5.91 Å². The number of halogens is 1. The average molecular weight is 332 g/mol. The lowest BCUT2D eigenvalue weighted by Crippen LogP contribution is -2.43. The van der Waals surface area contributed by atoms with Gasteiger partial charge in [0.25, 0.3) is 0 Å². The van der Waals surface area contributed by atoms with Gasteiger partial charge < -0.3 is 4.90 Å². The minimum Gasteiger partial charge on any atom is -0.342 e. The Hall–Kier alpha value is -1.45. The Morgan fingerprint density at radius 3 is 2.27 bits per heavy atom. The second kappa shape index (κ2) is 7.21. The predicted molar refractivity (Wildman–Crippen MR) is 93.4 cm³/mol. The average Bonchev–Trinajstić information content (AvgIpc) is 2.48. The third-order valence-corrected chi connectivity index (χ3v) is 5.40. The molecule has 1 aliphatic rings. The topological polar surface area (TPSA) is 20.3 Å². The number of hydrogen-bond donors (Lipinski definition) is 0. The van der Waals surface area contributed by atoms with Crippen molar-refractivity contribution in [1.82, 2.24) is 4.90 Å². The van der Waals surface area contributed by atoms with E-state index in [2.05, 4.69) is 12.1 Å². The molecule has 2 aromatic rings. The summed E-state index contributed by atoms with van der Waals surface area (Å²) in [6.45, 7) is 1.83. The van der Waals surface area contributed by atoms with E-state index in [1.807, 2.05) is 47.4 Å². The lowest BCUT2D eigenvalue weighted by Gasteiger charge is -2.31. The SMILES string of the molecule is O=C(CSC(c1ccccc1)c1ccc(Cl)cc1)N1CCC1. The molecular formula is C18H18ClNOS. The highest BCUT2D eigenvalue weighted by molar-refractivity contribution is 8.00. The smallest absolute Gasteiger partial charge is 0.232 e. The first-order valence-electron chi connectivity index (χ1n) is 7.44. The first-order chi connectivity index (χ1) is 10.7. The van der Waals surface area contributed by atoms with Crippen LogP contribution < -0.4 is 0 Å². The van der Waals surface area contributed by atoms with E-state index in [1.165, 1.54) is 11.1 Å². The third-order valence-electron chi connectivity index (χ3n) is 3.86. The van der Waals surface area contributed by atoms with Crippen LogP contribution in [0.2, 0.25) is 5.02 Å². The number of benzene rings is 2. The molecule has 0 bridgehead atoms. The summed E-state index contributed by atoms with van der Waals surface area (Å²) in [5.74, 6) is 0.758. The molecule has 114 valence electrons. The second-order valence-electron chi connectivity index (χ2n) is 5.39. The molecule has 0 saturated carbocycles. The first-order valence-corrected chi connectivity index (χ1v) is 8.86. The number of nitrogens with zero attached hydrogens (tertiary/aromatic N) is 1. The van der Waals surface area contributed by atoms with Crippen molar-refractivity contribution in [3.63, 3.8) is 0 Å². The van der Waals surface area contributed by atoms with Crippen LogP contribution >= 0.6 is 23.4 Å². The van der Waals surface area contributed by atoms with E-state index in [0.717, 1.165) is 24.5 Å². The molecule has 22 heavy (non-hydrogen) atoms. The Balaban J connectivity index is 1.76. The molecule has 0 aromatic heterocycles. The molecule has 1 atom stereocenters. The zero-order valence-electron chi connectivity index (χ0n) is 12.2. The largest absolute Gasteiger partial charge is 0.342 e. The summed E-state index contributed by atoms with van der Waals surface area (Å²) >= 11 is 7.68. The molecule has 0 spiro atoms.